The zero-order valence-electron chi connectivity index (χ0n) is 6.80. The second-order valence-electron chi connectivity index (χ2n) is 3.43. The SMILES string of the molecule is CC1=CC(C)CCC(O)C1. The van der Waals surface area contributed by atoms with E-state index in [0.717, 1.165) is 19.3 Å². The zero-order chi connectivity index (χ0) is 7.56. The van der Waals surface area contributed by atoms with Gasteiger partial charge in [0, 0.05) is 0 Å². The molecule has 0 aromatic heterocycles. The number of hydrogen-bond acceptors (Lipinski definition) is 1. The third-order valence-corrected chi connectivity index (χ3v) is 2.08. The van der Waals surface area contributed by atoms with Crippen LogP contribution in [0.25, 0.3) is 0 Å². The number of rotatable bonds is 0. The minimum atomic E-state index is -0.0822. The van der Waals surface area contributed by atoms with Gasteiger partial charge in [-0.15, -0.1) is 0 Å². The van der Waals surface area contributed by atoms with E-state index in [1.165, 1.54) is 5.57 Å². The Labute approximate surface area is 62.8 Å². The Morgan fingerprint density at radius 3 is 2.90 bits per heavy atom. The molecule has 0 bridgehead atoms. The van der Waals surface area contributed by atoms with Crippen molar-refractivity contribution in [1.29, 1.82) is 0 Å². The molecule has 1 N–H and O–H groups in total. The molecule has 58 valence electrons. The van der Waals surface area contributed by atoms with Crippen molar-refractivity contribution in [3.05, 3.63) is 11.6 Å². The molecule has 0 saturated heterocycles. The van der Waals surface area contributed by atoms with E-state index >= 15 is 0 Å². The minimum absolute atomic E-state index is 0.0822. The summed E-state index contributed by atoms with van der Waals surface area (Å²) in [6.07, 6.45) is 5.18. The molecule has 0 aliphatic heterocycles. The quantitative estimate of drug-likeness (QED) is 0.511. The topological polar surface area (TPSA) is 20.2 Å². The zero-order valence-corrected chi connectivity index (χ0v) is 6.80. The van der Waals surface area contributed by atoms with Gasteiger partial charge in [0.1, 0.15) is 0 Å². The van der Waals surface area contributed by atoms with Crippen LogP contribution < -0.4 is 0 Å². The van der Waals surface area contributed by atoms with E-state index in [2.05, 4.69) is 19.9 Å². The highest BCUT2D eigenvalue weighted by Gasteiger charge is 2.11. The maximum atomic E-state index is 9.34. The van der Waals surface area contributed by atoms with Gasteiger partial charge in [-0.05, 0) is 32.1 Å². The summed E-state index contributed by atoms with van der Waals surface area (Å²) in [5, 5.41) is 9.34. The molecule has 1 rings (SSSR count). The van der Waals surface area contributed by atoms with Crippen LogP contribution in [0.4, 0.5) is 0 Å². The van der Waals surface area contributed by atoms with Gasteiger partial charge in [-0.25, -0.2) is 0 Å². The first-order chi connectivity index (χ1) is 4.68. The van der Waals surface area contributed by atoms with Crippen molar-refractivity contribution < 1.29 is 5.11 Å². The molecule has 0 spiro atoms. The lowest BCUT2D eigenvalue weighted by Crippen LogP contribution is -2.04. The minimum Gasteiger partial charge on any atom is -0.393 e. The van der Waals surface area contributed by atoms with Gasteiger partial charge in [0.25, 0.3) is 0 Å². The lowest BCUT2D eigenvalue weighted by atomic mass is 10.1. The van der Waals surface area contributed by atoms with Crippen LogP contribution in [-0.4, -0.2) is 11.2 Å². The summed E-state index contributed by atoms with van der Waals surface area (Å²) >= 11 is 0. The van der Waals surface area contributed by atoms with Crippen molar-refractivity contribution in [2.45, 2.75) is 39.2 Å². The Kier molecular flexibility index (Phi) is 2.50. The molecule has 0 aromatic carbocycles. The summed E-state index contributed by atoms with van der Waals surface area (Å²) in [7, 11) is 0. The highest BCUT2D eigenvalue weighted by molar-refractivity contribution is 5.04. The first-order valence-corrected chi connectivity index (χ1v) is 4.04. The van der Waals surface area contributed by atoms with Crippen LogP contribution >= 0.6 is 0 Å². The van der Waals surface area contributed by atoms with Crippen LogP contribution in [-0.2, 0) is 0 Å². The Morgan fingerprint density at radius 2 is 2.20 bits per heavy atom. The van der Waals surface area contributed by atoms with Gasteiger partial charge in [0.2, 0.25) is 0 Å². The molecule has 0 aromatic rings. The molecule has 0 fully saturated rings. The maximum absolute atomic E-state index is 9.34. The molecule has 0 saturated carbocycles. The summed E-state index contributed by atoms with van der Waals surface area (Å²) in [5.41, 5.74) is 1.34. The van der Waals surface area contributed by atoms with Crippen LogP contribution in [0.3, 0.4) is 0 Å². The van der Waals surface area contributed by atoms with E-state index in [4.69, 9.17) is 0 Å². The maximum Gasteiger partial charge on any atom is 0.0577 e. The van der Waals surface area contributed by atoms with Crippen molar-refractivity contribution in [1.82, 2.24) is 0 Å². The van der Waals surface area contributed by atoms with Gasteiger partial charge in [-0.3, -0.25) is 0 Å². The smallest absolute Gasteiger partial charge is 0.0577 e. The molecule has 1 aliphatic rings. The lowest BCUT2D eigenvalue weighted by Gasteiger charge is -2.05. The second kappa shape index (κ2) is 3.20. The van der Waals surface area contributed by atoms with Crippen molar-refractivity contribution in [3.8, 4) is 0 Å². The average molecular weight is 140 g/mol. The molecular formula is C9H16O. The van der Waals surface area contributed by atoms with Gasteiger partial charge in [0.05, 0.1) is 6.10 Å². The van der Waals surface area contributed by atoms with Crippen LogP contribution in [0.15, 0.2) is 11.6 Å². The fourth-order valence-electron chi connectivity index (χ4n) is 1.57. The summed E-state index contributed by atoms with van der Waals surface area (Å²) in [5.74, 6) is 0.664. The Morgan fingerprint density at radius 1 is 1.50 bits per heavy atom. The highest BCUT2D eigenvalue weighted by Crippen LogP contribution is 2.21. The molecule has 0 heterocycles. The standard InChI is InChI=1S/C9H16O/c1-7-3-4-9(10)6-8(2)5-7/h5,7,9-10H,3-4,6H2,1-2H3. The van der Waals surface area contributed by atoms with Crippen molar-refractivity contribution in [2.24, 2.45) is 5.92 Å². The first-order valence-electron chi connectivity index (χ1n) is 4.04. The predicted octanol–water partition coefficient (Wildman–Crippen LogP) is 2.11. The second-order valence-corrected chi connectivity index (χ2v) is 3.43. The predicted molar refractivity (Wildman–Crippen MR) is 42.8 cm³/mol. The van der Waals surface area contributed by atoms with Crippen LogP contribution in [0.2, 0.25) is 0 Å². The van der Waals surface area contributed by atoms with E-state index in [1.54, 1.807) is 0 Å². The van der Waals surface area contributed by atoms with E-state index < -0.39 is 0 Å². The summed E-state index contributed by atoms with van der Waals surface area (Å²) in [4.78, 5) is 0. The third-order valence-electron chi connectivity index (χ3n) is 2.08. The van der Waals surface area contributed by atoms with E-state index in [1.807, 2.05) is 0 Å². The summed E-state index contributed by atoms with van der Waals surface area (Å²) < 4.78 is 0. The van der Waals surface area contributed by atoms with Gasteiger partial charge in [0.15, 0.2) is 0 Å². The van der Waals surface area contributed by atoms with Gasteiger partial charge < -0.3 is 5.11 Å². The van der Waals surface area contributed by atoms with E-state index in [0.29, 0.717) is 5.92 Å². The number of aliphatic hydroxyl groups excluding tert-OH is 1. The summed E-state index contributed by atoms with van der Waals surface area (Å²) in [6, 6.07) is 0. The number of aliphatic hydroxyl groups is 1. The Bertz CT molecular complexity index is 138. The average Bonchev–Trinajstić information content (AvgIpc) is 1.93. The van der Waals surface area contributed by atoms with Gasteiger partial charge in [-0.2, -0.15) is 0 Å². The van der Waals surface area contributed by atoms with Gasteiger partial charge >= 0.3 is 0 Å². The van der Waals surface area contributed by atoms with Gasteiger partial charge in [-0.1, -0.05) is 18.6 Å². The van der Waals surface area contributed by atoms with Crippen LogP contribution in [0.5, 0.6) is 0 Å². The fourth-order valence-corrected chi connectivity index (χ4v) is 1.57. The molecule has 0 radical (unpaired) electrons. The highest BCUT2D eigenvalue weighted by atomic mass is 16.3. The van der Waals surface area contributed by atoms with Crippen LogP contribution in [0.1, 0.15) is 33.1 Å². The van der Waals surface area contributed by atoms with E-state index in [9.17, 15) is 5.11 Å². The van der Waals surface area contributed by atoms with E-state index in [-0.39, 0.29) is 6.10 Å². The molecule has 2 unspecified atom stereocenters. The Hall–Kier alpha value is -0.300. The lowest BCUT2D eigenvalue weighted by molar-refractivity contribution is 0.162. The monoisotopic (exact) mass is 140 g/mol. The molecule has 1 nitrogen and oxygen atoms in total. The molecule has 10 heavy (non-hydrogen) atoms. The molecule has 0 amide bonds. The third kappa shape index (κ3) is 2.14. The summed E-state index contributed by atoms with van der Waals surface area (Å²) in [6.45, 7) is 4.31. The largest absolute Gasteiger partial charge is 0.393 e. The molecular weight excluding hydrogens is 124 g/mol. The van der Waals surface area contributed by atoms with Crippen molar-refractivity contribution in [2.75, 3.05) is 0 Å². The normalized spacial score (nSPS) is 34.9. The molecule has 1 heteroatoms. The molecule has 2 atom stereocenters. The number of allylic oxidation sites excluding steroid dienone is 1. The molecule has 1 aliphatic carbocycles. The van der Waals surface area contributed by atoms with Crippen LogP contribution in [0, 0.1) is 5.92 Å². The first kappa shape index (κ1) is 7.80. The fraction of sp³-hybridized carbons (Fsp3) is 0.778. The Balaban J connectivity index is 2.55. The van der Waals surface area contributed by atoms with Crippen molar-refractivity contribution >= 4 is 0 Å². The van der Waals surface area contributed by atoms with Crippen molar-refractivity contribution in [3.63, 3.8) is 0 Å². The number of hydrogen-bond donors (Lipinski definition) is 1.